The van der Waals surface area contributed by atoms with Gasteiger partial charge < -0.3 is 20.3 Å². The number of hydrogen-bond acceptors (Lipinski definition) is 4. The molecule has 0 radical (unpaired) electrons. The quantitative estimate of drug-likeness (QED) is 0.435. The van der Waals surface area contributed by atoms with Crippen LogP contribution in [0, 0.1) is 0 Å². The Kier molecular flexibility index (Phi) is 4.26. The number of carbonyl (C=O) groups is 1. The van der Waals surface area contributed by atoms with Gasteiger partial charge in [-0.1, -0.05) is 6.08 Å². The van der Waals surface area contributed by atoms with Crippen molar-refractivity contribution < 1.29 is 19.7 Å². The Labute approximate surface area is 88.7 Å². The smallest absolute Gasteiger partial charge is 0.328 e. The van der Waals surface area contributed by atoms with Crippen LogP contribution in [0.3, 0.4) is 0 Å². The molecule has 1 saturated heterocycles. The van der Waals surface area contributed by atoms with Gasteiger partial charge in [0.15, 0.2) is 0 Å². The van der Waals surface area contributed by atoms with Gasteiger partial charge in [-0.15, -0.1) is 0 Å². The molecule has 5 nitrogen and oxygen atoms in total. The molecule has 2 atom stereocenters. The lowest BCUT2D eigenvalue weighted by Gasteiger charge is -2.25. The van der Waals surface area contributed by atoms with Gasteiger partial charge in [0.05, 0.1) is 6.10 Å². The average Bonchev–Trinajstić information content (AvgIpc) is 2.46. The molecule has 1 aliphatic heterocycles. The van der Waals surface area contributed by atoms with E-state index in [9.17, 15) is 9.90 Å². The maximum Gasteiger partial charge on any atom is 0.328 e. The standard InChI is InChI=1S/C10H17NO4/c1-8-10(14,4-6-15-8)7-11-5-2-3-9(12)13/h2-3,8,11,14H,4-7H2,1H3,(H,12,13)/b3-2+. The van der Waals surface area contributed by atoms with Gasteiger partial charge >= 0.3 is 5.97 Å². The molecule has 0 aliphatic carbocycles. The minimum Gasteiger partial charge on any atom is -0.478 e. The minimum absolute atomic E-state index is 0.173. The first-order chi connectivity index (χ1) is 7.04. The zero-order valence-corrected chi connectivity index (χ0v) is 8.77. The molecule has 1 fully saturated rings. The highest BCUT2D eigenvalue weighted by Crippen LogP contribution is 2.24. The zero-order chi connectivity index (χ0) is 11.3. The maximum atomic E-state index is 10.1. The Hall–Kier alpha value is -0.910. The Bertz CT molecular complexity index is 254. The summed E-state index contributed by atoms with van der Waals surface area (Å²) in [6, 6.07) is 0. The van der Waals surface area contributed by atoms with E-state index in [2.05, 4.69) is 5.32 Å². The largest absolute Gasteiger partial charge is 0.478 e. The fourth-order valence-corrected chi connectivity index (χ4v) is 1.53. The van der Waals surface area contributed by atoms with Crippen molar-refractivity contribution in [3.8, 4) is 0 Å². The number of hydrogen-bond donors (Lipinski definition) is 3. The summed E-state index contributed by atoms with van der Waals surface area (Å²) < 4.78 is 5.26. The van der Waals surface area contributed by atoms with Crippen molar-refractivity contribution in [2.45, 2.75) is 25.0 Å². The van der Waals surface area contributed by atoms with E-state index in [0.29, 0.717) is 26.1 Å². The highest BCUT2D eigenvalue weighted by molar-refractivity contribution is 5.79. The van der Waals surface area contributed by atoms with Gasteiger partial charge in [-0.3, -0.25) is 0 Å². The first kappa shape index (κ1) is 12.2. The summed E-state index contributed by atoms with van der Waals surface area (Å²) in [5.74, 6) is -0.965. The Morgan fingerprint density at radius 1 is 1.73 bits per heavy atom. The third-order valence-electron chi connectivity index (χ3n) is 2.61. The fourth-order valence-electron chi connectivity index (χ4n) is 1.53. The SMILES string of the molecule is CC1OCCC1(O)CNC/C=C/C(=O)O. The van der Waals surface area contributed by atoms with Crippen LogP contribution in [0.1, 0.15) is 13.3 Å². The van der Waals surface area contributed by atoms with E-state index < -0.39 is 11.6 Å². The highest BCUT2D eigenvalue weighted by Gasteiger charge is 2.38. The van der Waals surface area contributed by atoms with E-state index >= 15 is 0 Å². The van der Waals surface area contributed by atoms with Crippen LogP contribution in [0.25, 0.3) is 0 Å². The van der Waals surface area contributed by atoms with Crippen LogP contribution in [0.5, 0.6) is 0 Å². The summed E-state index contributed by atoms with van der Waals surface area (Å²) in [6.07, 6.45) is 3.02. The highest BCUT2D eigenvalue weighted by atomic mass is 16.5. The monoisotopic (exact) mass is 215 g/mol. The Morgan fingerprint density at radius 3 is 3.00 bits per heavy atom. The summed E-state index contributed by atoms with van der Waals surface area (Å²) in [4.78, 5) is 10.1. The van der Waals surface area contributed by atoms with Crippen LogP contribution >= 0.6 is 0 Å². The molecule has 1 heterocycles. The third-order valence-corrected chi connectivity index (χ3v) is 2.61. The minimum atomic E-state index is -0.965. The van der Waals surface area contributed by atoms with Gasteiger partial charge in [0.2, 0.25) is 0 Å². The fraction of sp³-hybridized carbons (Fsp3) is 0.700. The lowest BCUT2D eigenvalue weighted by Crippen LogP contribution is -2.45. The molecule has 1 aliphatic rings. The molecule has 15 heavy (non-hydrogen) atoms. The molecule has 0 bridgehead atoms. The molecule has 0 amide bonds. The topological polar surface area (TPSA) is 78.8 Å². The number of carboxylic acid groups (broad SMARTS) is 1. The number of carboxylic acids is 1. The van der Waals surface area contributed by atoms with Gasteiger partial charge in [0.25, 0.3) is 0 Å². The second-order valence-electron chi connectivity index (χ2n) is 3.74. The van der Waals surface area contributed by atoms with Crippen LogP contribution < -0.4 is 5.32 Å². The first-order valence-electron chi connectivity index (χ1n) is 4.99. The van der Waals surface area contributed by atoms with Crippen molar-refractivity contribution >= 4 is 5.97 Å². The molecule has 0 saturated carbocycles. The van der Waals surface area contributed by atoms with Crippen LogP contribution in [0.15, 0.2) is 12.2 Å². The van der Waals surface area contributed by atoms with Crippen molar-refractivity contribution in [2.24, 2.45) is 0 Å². The molecule has 0 aromatic heterocycles. The maximum absolute atomic E-state index is 10.1. The van der Waals surface area contributed by atoms with Crippen LogP contribution in [0.2, 0.25) is 0 Å². The zero-order valence-electron chi connectivity index (χ0n) is 8.77. The van der Waals surface area contributed by atoms with Crippen LogP contribution in [-0.4, -0.2) is 47.6 Å². The second kappa shape index (κ2) is 5.25. The van der Waals surface area contributed by atoms with E-state index in [1.807, 2.05) is 6.92 Å². The van der Waals surface area contributed by atoms with Crippen molar-refractivity contribution in [3.05, 3.63) is 12.2 Å². The lowest BCUT2D eigenvalue weighted by molar-refractivity contribution is -0.131. The first-order valence-corrected chi connectivity index (χ1v) is 4.99. The van der Waals surface area contributed by atoms with Gasteiger partial charge in [-0.2, -0.15) is 0 Å². The van der Waals surface area contributed by atoms with Crippen molar-refractivity contribution in [3.63, 3.8) is 0 Å². The Morgan fingerprint density at radius 2 is 2.47 bits per heavy atom. The van der Waals surface area contributed by atoms with E-state index in [1.165, 1.54) is 6.08 Å². The summed E-state index contributed by atoms with van der Waals surface area (Å²) in [6.45, 7) is 3.26. The second-order valence-corrected chi connectivity index (χ2v) is 3.74. The molecule has 86 valence electrons. The molecule has 0 aromatic carbocycles. The van der Waals surface area contributed by atoms with Gasteiger partial charge in [0, 0.05) is 32.2 Å². The molecule has 0 spiro atoms. The number of aliphatic carboxylic acids is 1. The molecular weight excluding hydrogens is 198 g/mol. The van der Waals surface area contributed by atoms with E-state index in [4.69, 9.17) is 9.84 Å². The van der Waals surface area contributed by atoms with Gasteiger partial charge in [-0.25, -0.2) is 4.79 Å². The van der Waals surface area contributed by atoms with Crippen molar-refractivity contribution in [2.75, 3.05) is 19.7 Å². The average molecular weight is 215 g/mol. The summed E-state index contributed by atoms with van der Waals surface area (Å²) >= 11 is 0. The number of aliphatic hydroxyl groups is 1. The molecule has 1 rings (SSSR count). The molecule has 0 aromatic rings. The molecule has 5 heteroatoms. The predicted octanol–water partition coefficient (Wildman–Crippen LogP) is -0.243. The van der Waals surface area contributed by atoms with E-state index in [1.54, 1.807) is 0 Å². The third kappa shape index (κ3) is 3.62. The van der Waals surface area contributed by atoms with Crippen molar-refractivity contribution in [1.29, 1.82) is 0 Å². The van der Waals surface area contributed by atoms with Crippen LogP contribution in [-0.2, 0) is 9.53 Å². The molecule has 2 unspecified atom stereocenters. The summed E-state index contributed by atoms with van der Waals surface area (Å²) in [5, 5.41) is 21.3. The van der Waals surface area contributed by atoms with E-state index in [0.717, 1.165) is 6.08 Å². The number of rotatable bonds is 5. The number of ether oxygens (including phenoxy) is 1. The van der Waals surface area contributed by atoms with Crippen molar-refractivity contribution in [1.82, 2.24) is 5.32 Å². The van der Waals surface area contributed by atoms with E-state index in [-0.39, 0.29) is 6.10 Å². The number of nitrogens with one attached hydrogen (secondary N) is 1. The summed E-state index contributed by atoms with van der Waals surface area (Å²) in [7, 11) is 0. The Balaban J connectivity index is 2.22. The lowest BCUT2D eigenvalue weighted by atomic mass is 9.97. The summed E-state index contributed by atoms with van der Waals surface area (Å²) in [5.41, 5.74) is -0.822. The molecule has 3 N–H and O–H groups in total. The predicted molar refractivity (Wildman–Crippen MR) is 54.6 cm³/mol. The normalized spacial score (nSPS) is 31.2. The molecular formula is C10H17NO4. The van der Waals surface area contributed by atoms with Crippen LogP contribution in [0.4, 0.5) is 0 Å². The van der Waals surface area contributed by atoms with Gasteiger partial charge in [-0.05, 0) is 6.92 Å². The van der Waals surface area contributed by atoms with Gasteiger partial charge in [0.1, 0.15) is 5.60 Å².